The standard InChI is InChI=1S/C9H13NO2S/c1-7-4-5-9(12-7)13-6-2-3-8(10)11/h4-5H,2-3,6H2,1H3,(H2,10,11). The van der Waals surface area contributed by atoms with E-state index in [0.717, 1.165) is 23.0 Å². The van der Waals surface area contributed by atoms with Crippen LogP contribution in [0.15, 0.2) is 21.6 Å². The molecule has 13 heavy (non-hydrogen) atoms. The average molecular weight is 199 g/mol. The number of rotatable bonds is 5. The van der Waals surface area contributed by atoms with Crippen molar-refractivity contribution in [2.45, 2.75) is 24.9 Å². The van der Waals surface area contributed by atoms with Gasteiger partial charge in [-0.05, 0) is 25.5 Å². The third-order valence-corrected chi connectivity index (χ3v) is 2.52. The smallest absolute Gasteiger partial charge is 0.217 e. The lowest BCUT2D eigenvalue weighted by Crippen LogP contribution is -2.09. The molecule has 0 radical (unpaired) electrons. The third kappa shape index (κ3) is 4.03. The highest BCUT2D eigenvalue weighted by Gasteiger charge is 1.99. The molecule has 4 heteroatoms. The molecule has 3 nitrogen and oxygen atoms in total. The molecule has 0 atom stereocenters. The van der Waals surface area contributed by atoms with Gasteiger partial charge in [-0.25, -0.2) is 0 Å². The molecule has 0 unspecified atom stereocenters. The average Bonchev–Trinajstić information content (AvgIpc) is 2.45. The van der Waals surface area contributed by atoms with Crippen LogP contribution in [0.2, 0.25) is 0 Å². The van der Waals surface area contributed by atoms with Crippen molar-refractivity contribution < 1.29 is 9.21 Å². The van der Waals surface area contributed by atoms with E-state index in [1.807, 2.05) is 19.1 Å². The molecule has 2 N–H and O–H groups in total. The Morgan fingerprint density at radius 3 is 2.92 bits per heavy atom. The maximum Gasteiger partial charge on any atom is 0.217 e. The van der Waals surface area contributed by atoms with E-state index in [9.17, 15) is 4.79 Å². The number of furan rings is 1. The third-order valence-electron chi connectivity index (χ3n) is 1.53. The molecule has 0 spiro atoms. The molecule has 0 aromatic carbocycles. The second-order valence-corrected chi connectivity index (χ2v) is 3.88. The van der Waals surface area contributed by atoms with Gasteiger partial charge in [-0.15, -0.1) is 0 Å². The van der Waals surface area contributed by atoms with Gasteiger partial charge >= 0.3 is 0 Å². The van der Waals surface area contributed by atoms with E-state index in [1.165, 1.54) is 0 Å². The molecule has 0 aliphatic carbocycles. The highest BCUT2D eigenvalue weighted by atomic mass is 32.2. The summed E-state index contributed by atoms with van der Waals surface area (Å²) in [6.07, 6.45) is 1.26. The van der Waals surface area contributed by atoms with Gasteiger partial charge in [0.1, 0.15) is 5.76 Å². The highest BCUT2D eigenvalue weighted by Crippen LogP contribution is 2.21. The number of hydrogen-bond acceptors (Lipinski definition) is 3. The Morgan fingerprint density at radius 1 is 1.62 bits per heavy atom. The molecule has 0 saturated heterocycles. The van der Waals surface area contributed by atoms with Crippen LogP contribution >= 0.6 is 11.8 Å². The summed E-state index contributed by atoms with van der Waals surface area (Å²) in [5, 5.41) is 0.905. The number of thioether (sulfide) groups is 1. The lowest BCUT2D eigenvalue weighted by molar-refractivity contribution is -0.118. The fraction of sp³-hybridized carbons (Fsp3) is 0.444. The van der Waals surface area contributed by atoms with Gasteiger partial charge in [-0.2, -0.15) is 0 Å². The van der Waals surface area contributed by atoms with Crippen molar-refractivity contribution >= 4 is 17.7 Å². The Labute approximate surface area is 81.7 Å². The summed E-state index contributed by atoms with van der Waals surface area (Å²) in [6.45, 7) is 1.91. The number of hydrogen-bond donors (Lipinski definition) is 1. The van der Waals surface area contributed by atoms with Crippen molar-refractivity contribution in [2.75, 3.05) is 5.75 Å². The quantitative estimate of drug-likeness (QED) is 0.582. The van der Waals surface area contributed by atoms with Gasteiger partial charge in [-0.1, -0.05) is 11.8 Å². The van der Waals surface area contributed by atoms with Crippen LogP contribution in [0, 0.1) is 6.92 Å². The molecule has 1 amide bonds. The van der Waals surface area contributed by atoms with Crippen molar-refractivity contribution in [2.24, 2.45) is 5.73 Å². The van der Waals surface area contributed by atoms with E-state index in [4.69, 9.17) is 10.2 Å². The van der Waals surface area contributed by atoms with Crippen molar-refractivity contribution in [3.05, 3.63) is 17.9 Å². The Kier molecular flexibility index (Phi) is 3.89. The number of carbonyl (C=O) groups is 1. The van der Waals surface area contributed by atoms with E-state index in [1.54, 1.807) is 11.8 Å². The van der Waals surface area contributed by atoms with Gasteiger partial charge in [0.05, 0.1) is 0 Å². The van der Waals surface area contributed by atoms with Crippen LogP contribution in [0.5, 0.6) is 0 Å². The molecule has 0 aliphatic rings. The first-order chi connectivity index (χ1) is 6.18. The Hall–Kier alpha value is -0.900. The van der Waals surface area contributed by atoms with Crippen LogP contribution in [0.4, 0.5) is 0 Å². The number of nitrogens with two attached hydrogens (primary N) is 1. The van der Waals surface area contributed by atoms with E-state index in [-0.39, 0.29) is 5.91 Å². The minimum Gasteiger partial charge on any atom is -0.455 e. The second-order valence-electron chi connectivity index (χ2n) is 2.78. The molecular formula is C9H13NO2S. The van der Waals surface area contributed by atoms with Crippen LogP contribution in [-0.4, -0.2) is 11.7 Å². The molecular weight excluding hydrogens is 186 g/mol. The van der Waals surface area contributed by atoms with E-state index < -0.39 is 0 Å². The predicted octanol–water partition coefficient (Wildman–Crippen LogP) is 1.95. The zero-order chi connectivity index (χ0) is 9.68. The molecule has 1 heterocycles. The molecule has 0 saturated carbocycles. The second kappa shape index (κ2) is 4.97. The molecule has 0 bridgehead atoms. The fourth-order valence-electron chi connectivity index (χ4n) is 0.909. The first kappa shape index (κ1) is 10.2. The van der Waals surface area contributed by atoms with Crippen LogP contribution < -0.4 is 5.73 Å². The van der Waals surface area contributed by atoms with Crippen molar-refractivity contribution in [3.63, 3.8) is 0 Å². The summed E-state index contributed by atoms with van der Waals surface area (Å²) < 4.78 is 5.34. The first-order valence-corrected chi connectivity index (χ1v) is 5.14. The highest BCUT2D eigenvalue weighted by molar-refractivity contribution is 7.99. The van der Waals surface area contributed by atoms with Crippen molar-refractivity contribution in [3.8, 4) is 0 Å². The normalized spacial score (nSPS) is 10.2. The predicted molar refractivity (Wildman–Crippen MR) is 52.6 cm³/mol. The van der Waals surface area contributed by atoms with Gasteiger partial charge in [0.25, 0.3) is 0 Å². The van der Waals surface area contributed by atoms with Gasteiger partial charge in [0.15, 0.2) is 5.09 Å². The SMILES string of the molecule is Cc1ccc(SCCCC(N)=O)o1. The lowest BCUT2D eigenvalue weighted by atomic mass is 10.3. The number of carbonyl (C=O) groups excluding carboxylic acids is 1. The number of amides is 1. The van der Waals surface area contributed by atoms with Gasteiger partial charge < -0.3 is 10.2 Å². The molecule has 1 aromatic heterocycles. The minimum atomic E-state index is -0.240. The Bertz CT molecular complexity index is 283. The van der Waals surface area contributed by atoms with Crippen LogP contribution in [0.1, 0.15) is 18.6 Å². The van der Waals surface area contributed by atoms with Gasteiger partial charge in [-0.3, -0.25) is 4.79 Å². The first-order valence-electron chi connectivity index (χ1n) is 4.16. The summed E-state index contributed by atoms with van der Waals surface area (Å²) in [4.78, 5) is 10.4. The number of primary amides is 1. The monoisotopic (exact) mass is 199 g/mol. The van der Waals surface area contributed by atoms with Crippen LogP contribution in [-0.2, 0) is 4.79 Å². The Balaban J connectivity index is 2.16. The number of aryl methyl sites for hydroxylation is 1. The van der Waals surface area contributed by atoms with Gasteiger partial charge in [0, 0.05) is 12.2 Å². The van der Waals surface area contributed by atoms with Crippen molar-refractivity contribution in [1.29, 1.82) is 0 Å². The maximum absolute atomic E-state index is 10.4. The topological polar surface area (TPSA) is 56.2 Å². The van der Waals surface area contributed by atoms with Crippen molar-refractivity contribution in [1.82, 2.24) is 0 Å². The molecule has 0 aliphatic heterocycles. The van der Waals surface area contributed by atoms with Crippen LogP contribution in [0.3, 0.4) is 0 Å². The lowest BCUT2D eigenvalue weighted by Gasteiger charge is -1.95. The summed E-state index contributed by atoms with van der Waals surface area (Å²) in [5.41, 5.74) is 5.00. The molecule has 1 rings (SSSR count). The summed E-state index contributed by atoms with van der Waals surface area (Å²) >= 11 is 1.61. The summed E-state index contributed by atoms with van der Waals surface area (Å²) in [7, 11) is 0. The zero-order valence-corrected chi connectivity index (χ0v) is 8.39. The molecule has 72 valence electrons. The maximum atomic E-state index is 10.4. The van der Waals surface area contributed by atoms with E-state index in [0.29, 0.717) is 6.42 Å². The zero-order valence-electron chi connectivity index (χ0n) is 7.58. The summed E-state index contributed by atoms with van der Waals surface area (Å²) in [6, 6.07) is 3.86. The Morgan fingerprint density at radius 2 is 2.38 bits per heavy atom. The molecule has 0 fully saturated rings. The molecule has 1 aromatic rings. The minimum absolute atomic E-state index is 0.240. The fourth-order valence-corrected chi connectivity index (χ4v) is 1.75. The van der Waals surface area contributed by atoms with E-state index >= 15 is 0 Å². The van der Waals surface area contributed by atoms with E-state index in [2.05, 4.69) is 0 Å². The van der Waals surface area contributed by atoms with Gasteiger partial charge in [0.2, 0.25) is 5.91 Å². The largest absolute Gasteiger partial charge is 0.455 e. The summed E-state index contributed by atoms with van der Waals surface area (Å²) in [5.74, 6) is 1.55. The van der Waals surface area contributed by atoms with Crippen LogP contribution in [0.25, 0.3) is 0 Å².